The standard InChI is InChI=1S/C26H31N5O5/c1-16(14-34-2)29-18-11-20-23(30-22(32)15-35-3)24(26(33)36-4)31(25(20)28-13-18)10-9-17-12-27-21-8-6-5-7-19(17)21/h5-8,11-13,16,27,29H,9-10,14-15H2,1-4H3,(H,30,32)/t16-/m0/s1. The first kappa shape index (κ1) is 25.2. The monoisotopic (exact) mass is 493 g/mol. The number of amides is 1. The van der Waals surface area contributed by atoms with Gasteiger partial charge in [0.1, 0.15) is 12.3 Å². The van der Waals surface area contributed by atoms with E-state index in [0.29, 0.717) is 36.3 Å². The van der Waals surface area contributed by atoms with Crippen LogP contribution < -0.4 is 10.6 Å². The van der Waals surface area contributed by atoms with Crippen molar-refractivity contribution in [1.82, 2.24) is 14.5 Å². The molecule has 0 aliphatic carbocycles. The number of carbonyl (C=O) groups excluding carboxylic acids is 2. The number of aromatic nitrogens is 3. The Morgan fingerprint density at radius 2 is 1.94 bits per heavy atom. The number of hydrogen-bond acceptors (Lipinski definition) is 7. The lowest BCUT2D eigenvalue weighted by molar-refractivity contribution is -0.119. The second-order valence-corrected chi connectivity index (χ2v) is 8.55. The van der Waals surface area contributed by atoms with Gasteiger partial charge in [-0.1, -0.05) is 18.2 Å². The number of esters is 1. The summed E-state index contributed by atoms with van der Waals surface area (Å²) in [6.45, 7) is 2.79. The highest BCUT2D eigenvalue weighted by molar-refractivity contribution is 6.11. The van der Waals surface area contributed by atoms with Crippen LogP contribution in [-0.2, 0) is 32.0 Å². The van der Waals surface area contributed by atoms with Crippen molar-refractivity contribution in [2.45, 2.75) is 25.9 Å². The maximum Gasteiger partial charge on any atom is 0.356 e. The first-order valence-electron chi connectivity index (χ1n) is 11.7. The lowest BCUT2D eigenvalue weighted by atomic mass is 10.1. The van der Waals surface area contributed by atoms with Gasteiger partial charge in [-0.3, -0.25) is 4.79 Å². The summed E-state index contributed by atoms with van der Waals surface area (Å²) in [5.41, 5.74) is 4.02. The fraction of sp³-hybridized carbons (Fsp3) is 0.346. The molecule has 0 bridgehead atoms. The molecule has 1 amide bonds. The number of hydrogen-bond donors (Lipinski definition) is 3. The van der Waals surface area contributed by atoms with Crippen LogP contribution >= 0.6 is 0 Å². The molecule has 3 heterocycles. The molecule has 3 N–H and O–H groups in total. The molecule has 1 atom stereocenters. The third-order valence-corrected chi connectivity index (χ3v) is 5.93. The molecular formula is C26H31N5O5. The summed E-state index contributed by atoms with van der Waals surface area (Å²) >= 11 is 0. The zero-order valence-corrected chi connectivity index (χ0v) is 20.9. The zero-order chi connectivity index (χ0) is 25.7. The molecule has 0 spiro atoms. The third kappa shape index (κ3) is 5.19. The second-order valence-electron chi connectivity index (χ2n) is 8.55. The van der Waals surface area contributed by atoms with Gasteiger partial charge in [0.2, 0.25) is 5.91 Å². The maximum atomic E-state index is 13.0. The lowest BCUT2D eigenvalue weighted by Gasteiger charge is -2.14. The molecule has 0 saturated heterocycles. The number of pyridine rings is 1. The van der Waals surface area contributed by atoms with Crippen LogP contribution in [0, 0.1) is 0 Å². The van der Waals surface area contributed by atoms with Gasteiger partial charge in [-0.05, 0) is 31.0 Å². The van der Waals surface area contributed by atoms with Gasteiger partial charge in [-0.2, -0.15) is 0 Å². The minimum absolute atomic E-state index is 0.0322. The van der Waals surface area contributed by atoms with Crippen LogP contribution in [0.5, 0.6) is 0 Å². The number of nitrogens with zero attached hydrogens (tertiary/aromatic N) is 2. The van der Waals surface area contributed by atoms with Crippen LogP contribution in [0.1, 0.15) is 23.0 Å². The van der Waals surface area contributed by atoms with Gasteiger partial charge < -0.3 is 34.4 Å². The molecule has 4 rings (SSSR count). The molecule has 0 aliphatic rings. The van der Waals surface area contributed by atoms with Gasteiger partial charge in [-0.15, -0.1) is 0 Å². The molecule has 36 heavy (non-hydrogen) atoms. The summed E-state index contributed by atoms with van der Waals surface area (Å²) in [5, 5.41) is 7.91. The Morgan fingerprint density at radius 1 is 1.14 bits per heavy atom. The van der Waals surface area contributed by atoms with Crippen molar-refractivity contribution in [2.24, 2.45) is 0 Å². The van der Waals surface area contributed by atoms with E-state index < -0.39 is 5.97 Å². The SMILES string of the molecule is COCC(=O)Nc1c(C(=O)OC)n(CCc2c[nH]c3ccccc23)c2ncc(N[C@@H](C)COC)cc12. The molecule has 1 aromatic carbocycles. The summed E-state index contributed by atoms with van der Waals surface area (Å²) in [4.78, 5) is 33.5. The fourth-order valence-electron chi connectivity index (χ4n) is 4.41. The van der Waals surface area contributed by atoms with Crippen LogP contribution in [0.4, 0.5) is 11.4 Å². The molecule has 10 nitrogen and oxygen atoms in total. The molecule has 3 aromatic heterocycles. The normalized spacial score (nSPS) is 12.1. The van der Waals surface area contributed by atoms with Gasteiger partial charge >= 0.3 is 5.97 Å². The quantitative estimate of drug-likeness (QED) is 0.273. The van der Waals surface area contributed by atoms with E-state index >= 15 is 0 Å². The molecule has 10 heteroatoms. The summed E-state index contributed by atoms with van der Waals surface area (Å²) in [6, 6.07) is 9.96. The van der Waals surface area contributed by atoms with E-state index in [1.165, 1.54) is 14.2 Å². The minimum Gasteiger partial charge on any atom is -0.464 e. The lowest BCUT2D eigenvalue weighted by Crippen LogP contribution is -2.21. The van der Waals surface area contributed by atoms with Gasteiger partial charge in [0.05, 0.1) is 31.3 Å². The van der Waals surface area contributed by atoms with Crippen molar-refractivity contribution in [3.05, 3.63) is 54.0 Å². The van der Waals surface area contributed by atoms with E-state index in [2.05, 4.69) is 26.7 Å². The predicted octanol–water partition coefficient (Wildman–Crippen LogP) is 3.58. The van der Waals surface area contributed by atoms with E-state index in [0.717, 1.165) is 22.2 Å². The number of H-pyrrole nitrogens is 1. The largest absolute Gasteiger partial charge is 0.464 e. The zero-order valence-electron chi connectivity index (χ0n) is 20.9. The van der Waals surface area contributed by atoms with E-state index in [1.807, 2.05) is 37.4 Å². The fourth-order valence-corrected chi connectivity index (χ4v) is 4.41. The first-order valence-corrected chi connectivity index (χ1v) is 11.7. The van der Waals surface area contributed by atoms with Crippen LogP contribution in [0.15, 0.2) is 42.7 Å². The van der Waals surface area contributed by atoms with E-state index in [4.69, 9.17) is 14.2 Å². The number of fused-ring (bicyclic) bond motifs is 2. The summed E-state index contributed by atoms with van der Waals surface area (Å²) in [5.74, 6) is -0.952. The van der Waals surface area contributed by atoms with E-state index in [1.54, 1.807) is 17.9 Å². The Morgan fingerprint density at radius 3 is 2.69 bits per heavy atom. The Hall–Kier alpha value is -3.89. The number of nitrogens with one attached hydrogen (secondary N) is 3. The highest BCUT2D eigenvalue weighted by Crippen LogP contribution is 2.33. The third-order valence-electron chi connectivity index (χ3n) is 5.93. The van der Waals surface area contributed by atoms with E-state index in [-0.39, 0.29) is 24.2 Å². The molecule has 0 fully saturated rings. The molecule has 0 radical (unpaired) electrons. The highest BCUT2D eigenvalue weighted by atomic mass is 16.5. The minimum atomic E-state index is -0.568. The number of aromatic amines is 1. The molecule has 4 aromatic rings. The predicted molar refractivity (Wildman–Crippen MR) is 139 cm³/mol. The molecular weight excluding hydrogens is 462 g/mol. The topological polar surface area (TPSA) is 120 Å². The summed E-state index contributed by atoms with van der Waals surface area (Å²) in [6.07, 6.45) is 4.32. The highest BCUT2D eigenvalue weighted by Gasteiger charge is 2.26. The molecule has 0 unspecified atom stereocenters. The number of ether oxygens (including phenoxy) is 3. The molecule has 190 valence electrons. The average Bonchev–Trinajstić information content (AvgIpc) is 3.41. The summed E-state index contributed by atoms with van der Waals surface area (Å²) < 4.78 is 17.1. The van der Waals surface area contributed by atoms with Gasteiger partial charge in [0, 0.05) is 49.3 Å². The number of para-hydroxylation sites is 1. The van der Waals surface area contributed by atoms with Crippen molar-refractivity contribution in [1.29, 1.82) is 0 Å². The van der Waals surface area contributed by atoms with Crippen LogP contribution in [0.25, 0.3) is 21.9 Å². The number of carbonyl (C=O) groups is 2. The smallest absolute Gasteiger partial charge is 0.356 e. The number of rotatable bonds is 11. The number of benzene rings is 1. The maximum absolute atomic E-state index is 13.0. The summed E-state index contributed by atoms with van der Waals surface area (Å²) in [7, 11) is 4.39. The van der Waals surface area contributed by atoms with Gasteiger partial charge in [0.25, 0.3) is 0 Å². The van der Waals surface area contributed by atoms with Crippen molar-refractivity contribution < 1.29 is 23.8 Å². The van der Waals surface area contributed by atoms with Crippen LogP contribution in [0.2, 0.25) is 0 Å². The Labute approximate surface area is 208 Å². The molecule has 0 aliphatic heterocycles. The number of methoxy groups -OCH3 is 3. The Kier molecular flexibility index (Phi) is 7.87. The van der Waals surface area contributed by atoms with Gasteiger partial charge in [-0.25, -0.2) is 9.78 Å². The molecule has 0 saturated carbocycles. The number of anilines is 2. The van der Waals surface area contributed by atoms with Crippen LogP contribution in [-0.4, -0.2) is 67.0 Å². The first-order chi connectivity index (χ1) is 17.5. The number of aryl methyl sites for hydroxylation is 2. The van der Waals surface area contributed by atoms with Crippen molar-refractivity contribution >= 4 is 45.2 Å². The average molecular weight is 494 g/mol. The van der Waals surface area contributed by atoms with Crippen molar-refractivity contribution in [2.75, 3.05) is 45.2 Å². The van der Waals surface area contributed by atoms with Crippen molar-refractivity contribution in [3.63, 3.8) is 0 Å². The Bertz CT molecular complexity index is 1380. The second kappa shape index (κ2) is 11.2. The van der Waals surface area contributed by atoms with Crippen molar-refractivity contribution in [3.8, 4) is 0 Å². The Balaban J connectivity index is 1.79. The van der Waals surface area contributed by atoms with Gasteiger partial charge in [0.15, 0.2) is 5.69 Å². The van der Waals surface area contributed by atoms with Crippen LogP contribution in [0.3, 0.4) is 0 Å². The van der Waals surface area contributed by atoms with E-state index in [9.17, 15) is 9.59 Å².